The predicted octanol–water partition coefficient (Wildman–Crippen LogP) is 7.53. The first-order valence-electron chi connectivity index (χ1n) is 14.0. The minimum Gasteiger partial charge on any atom is -0.324 e. The molecule has 2 heterocycles. The van der Waals surface area contributed by atoms with Crippen molar-refractivity contribution >= 4 is 49.8 Å². The number of benzene rings is 3. The zero-order chi connectivity index (χ0) is 30.9. The molecule has 0 radical (unpaired) electrons. The van der Waals surface area contributed by atoms with Gasteiger partial charge in [0, 0.05) is 42.7 Å². The first-order chi connectivity index (χ1) is 21.2. The van der Waals surface area contributed by atoms with Crippen LogP contribution in [0.2, 0.25) is 4.34 Å². The Balaban J connectivity index is 1.33. The summed E-state index contributed by atoms with van der Waals surface area (Å²) in [6, 6.07) is 31.1. The molecule has 0 aliphatic rings. The molecule has 5 rings (SSSR count). The number of hydrogen-bond acceptors (Lipinski definition) is 6. The third-order valence-electron chi connectivity index (χ3n) is 7.06. The molecule has 11 heteroatoms. The van der Waals surface area contributed by atoms with Gasteiger partial charge >= 0.3 is 6.03 Å². The van der Waals surface area contributed by atoms with Crippen molar-refractivity contribution in [3.63, 3.8) is 0 Å². The molecule has 0 bridgehead atoms. The highest BCUT2D eigenvalue weighted by Gasteiger charge is 2.21. The van der Waals surface area contributed by atoms with Gasteiger partial charge in [0.2, 0.25) is 10.0 Å². The van der Waals surface area contributed by atoms with E-state index in [1.807, 2.05) is 53.4 Å². The quantitative estimate of drug-likeness (QED) is 0.146. The number of urea groups is 1. The van der Waals surface area contributed by atoms with Crippen molar-refractivity contribution in [3.05, 3.63) is 130 Å². The molecule has 0 saturated heterocycles. The Morgan fingerprint density at radius 1 is 0.886 bits per heavy atom. The first kappa shape index (κ1) is 31.2. The first-order valence-corrected chi connectivity index (χ1v) is 17.1. The molecule has 8 nitrogen and oxygen atoms in total. The van der Waals surface area contributed by atoms with Crippen molar-refractivity contribution in [2.75, 3.05) is 29.4 Å². The van der Waals surface area contributed by atoms with Crippen LogP contribution in [0.3, 0.4) is 0 Å². The standard InChI is InChI=1S/C33H32ClN5O3S2/c1-44(41,42)38-28-14-12-27(13-15-28)30-31(34)43-32(36-30)37-33(40)39(22-18-24-16-20-35-21-17-24)23-19-29(25-8-4-2-5-9-25)26-10-6-3-7-11-26/h2-17,20-21,29,38H,18-19,22-23H2,1H3,(H,36,37,40). The summed E-state index contributed by atoms with van der Waals surface area (Å²) in [6.07, 6.45) is 6.01. The Bertz CT molecular complexity index is 1730. The summed E-state index contributed by atoms with van der Waals surface area (Å²) < 4.78 is 25.9. The van der Waals surface area contributed by atoms with Gasteiger partial charge in [-0.25, -0.2) is 18.2 Å². The zero-order valence-corrected chi connectivity index (χ0v) is 26.4. The lowest BCUT2D eigenvalue weighted by Crippen LogP contribution is -2.38. The predicted molar refractivity (Wildman–Crippen MR) is 179 cm³/mol. The highest BCUT2D eigenvalue weighted by Crippen LogP contribution is 2.36. The van der Waals surface area contributed by atoms with Gasteiger partial charge in [0.1, 0.15) is 10.0 Å². The lowest BCUT2D eigenvalue weighted by Gasteiger charge is -2.26. The smallest absolute Gasteiger partial charge is 0.323 e. The minimum atomic E-state index is -3.39. The summed E-state index contributed by atoms with van der Waals surface area (Å²) in [5.41, 5.74) is 5.13. The SMILES string of the molecule is CS(=O)(=O)Nc1ccc(-c2nc(NC(=O)N(CCc3ccncc3)CCC(c3ccccc3)c3ccccc3)sc2Cl)cc1. The van der Waals surface area contributed by atoms with Crippen molar-refractivity contribution in [1.29, 1.82) is 0 Å². The molecule has 0 unspecified atom stereocenters. The van der Waals surface area contributed by atoms with Gasteiger partial charge in [-0.15, -0.1) is 0 Å². The lowest BCUT2D eigenvalue weighted by atomic mass is 9.88. The molecule has 5 aromatic rings. The summed E-state index contributed by atoms with van der Waals surface area (Å²) in [7, 11) is -3.39. The van der Waals surface area contributed by atoms with Crippen LogP contribution < -0.4 is 10.0 Å². The Hall–Kier alpha value is -4.25. The van der Waals surface area contributed by atoms with Crippen molar-refractivity contribution in [1.82, 2.24) is 14.9 Å². The second-order valence-corrected chi connectivity index (χ2v) is 13.6. The maximum Gasteiger partial charge on any atom is 0.323 e. The Morgan fingerprint density at radius 2 is 1.50 bits per heavy atom. The van der Waals surface area contributed by atoms with E-state index in [0.29, 0.717) is 45.9 Å². The molecule has 0 aliphatic carbocycles. The number of carbonyl (C=O) groups excluding carboxylic acids is 1. The van der Waals surface area contributed by atoms with Crippen LogP contribution in [0.5, 0.6) is 0 Å². The van der Waals surface area contributed by atoms with Crippen LogP contribution in [0.25, 0.3) is 11.3 Å². The number of halogens is 1. The second kappa shape index (κ2) is 14.5. The van der Waals surface area contributed by atoms with E-state index in [-0.39, 0.29) is 11.9 Å². The highest BCUT2D eigenvalue weighted by atomic mass is 35.5. The molecule has 226 valence electrons. The molecule has 0 atom stereocenters. The molecule has 0 saturated carbocycles. The van der Waals surface area contributed by atoms with E-state index in [2.05, 4.69) is 44.3 Å². The molecule has 44 heavy (non-hydrogen) atoms. The van der Waals surface area contributed by atoms with Gasteiger partial charge in [0.25, 0.3) is 0 Å². The average Bonchev–Trinajstić information content (AvgIpc) is 3.39. The monoisotopic (exact) mass is 645 g/mol. The van der Waals surface area contributed by atoms with Crippen LogP contribution in [0.1, 0.15) is 29.0 Å². The topological polar surface area (TPSA) is 104 Å². The van der Waals surface area contributed by atoms with E-state index in [0.717, 1.165) is 18.2 Å². The summed E-state index contributed by atoms with van der Waals surface area (Å²) in [6.45, 7) is 1.03. The summed E-state index contributed by atoms with van der Waals surface area (Å²) >= 11 is 7.72. The van der Waals surface area contributed by atoms with Crippen molar-refractivity contribution in [3.8, 4) is 11.3 Å². The number of hydrogen-bond donors (Lipinski definition) is 2. The van der Waals surface area contributed by atoms with Crippen molar-refractivity contribution in [2.45, 2.75) is 18.8 Å². The van der Waals surface area contributed by atoms with E-state index < -0.39 is 10.0 Å². The van der Waals surface area contributed by atoms with E-state index in [4.69, 9.17) is 11.6 Å². The summed E-state index contributed by atoms with van der Waals surface area (Å²) in [4.78, 5) is 24.2. The fraction of sp³-hybridized carbons (Fsp3) is 0.182. The Morgan fingerprint density at radius 3 is 2.09 bits per heavy atom. The van der Waals surface area contributed by atoms with E-state index in [1.165, 1.54) is 22.5 Å². The van der Waals surface area contributed by atoms with Crippen LogP contribution in [0.15, 0.2) is 109 Å². The normalized spacial score (nSPS) is 11.3. The minimum absolute atomic E-state index is 0.120. The van der Waals surface area contributed by atoms with Gasteiger partial charge < -0.3 is 4.90 Å². The van der Waals surface area contributed by atoms with Crippen LogP contribution in [0.4, 0.5) is 15.6 Å². The van der Waals surface area contributed by atoms with Gasteiger partial charge in [-0.2, -0.15) is 0 Å². The number of pyridine rings is 1. The third kappa shape index (κ3) is 8.66. The zero-order valence-electron chi connectivity index (χ0n) is 24.1. The molecule has 0 spiro atoms. The fourth-order valence-electron chi connectivity index (χ4n) is 4.92. The number of carbonyl (C=O) groups is 1. The number of thiazole rings is 1. The Kier molecular flexibility index (Phi) is 10.3. The van der Waals surface area contributed by atoms with E-state index >= 15 is 0 Å². The molecular weight excluding hydrogens is 614 g/mol. The molecule has 3 aromatic carbocycles. The highest BCUT2D eigenvalue weighted by molar-refractivity contribution is 7.92. The number of nitrogens with zero attached hydrogens (tertiary/aromatic N) is 3. The number of nitrogens with one attached hydrogen (secondary N) is 2. The second-order valence-electron chi connectivity index (χ2n) is 10.3. The molecule has 0 fully saturated rings. The number of aromatic nitrogens is 2. The molecule has 2 amide bonds. The van der Waals surface area contributed by atoms with Crippen molar-refractivity contribution in [2.24, 2.45) is 0 Å². The van der Waals surface area contributed by atoms with Crippen molar-refractivity contribution < 1.29 is 13.2 Å². The number of sulfonamides is 1. The molecule has 2 N–H and O–H groups in total. The Labute approximate surface area is 266 Å². The maximum absolute atomic E-state index is 13.7. The van der Waals surface area contributed by atoms with Gasteiger partial charge in [0.05, 0.1) is 6.26 Å². The van der Waals surface area contributed by atoms with Gasteiger partial charge in [0.15, 0.2) is 5.13 Å². The lowest BCUT2D eigenvalue weighted by molar-refractivity contribution is 0.210. The van der Waals surface area contributed by atoms with Crippen LogP contribution in [0, 0.1) is 0 Å². The van der Waals surface area contributed by atoms with Crippen LogP contribution in [-0.4, -0.2) is 48.7 Å². The third-order valence-corrected chi connectivity index (χ3v) is 8.84. The summed E-state index contributed by atoms with van der Waals surface area (Å²) in [5, 5.41) is 3.34. The average molecular weight is 646 g/mol. The molecule has 2 aromatic heterocycles. The summed E-state index contributed by atoms with van der Waals surface area (Å²) in [5.74, 6) is 0.120. The van der Waals surface area contributed by atoms with E-state index in [9.17, 15) is 13.2 Å². The fourth-order valence-corrected chi connectivity index (χ4v) is 6.56. The van der Waals surface area contributed by atoms with Gasteiger partial charge in [-0.1, -0.05) is 95.7 Å². The number of amides is 2. The van der Waals surface area contributed by atoms with Gasteiger partial charge in [-0.05, 0) is 53.8 Å². The van der Waals surface area contributed by atoms with Crippen LogP contribution in [-0.2, 0) is 16.4 Å². The molecular formula is C33H32ClN5O3S2. The maximum atomic E-state index is 13.7. The largest absolute Gasteiger partial charge is 0.324 e. The van der Waals surface area contributed by atoms with Crippen LogP contribution >= 0.6 is 22.9 Å². The number of anilines is 2. The molecule has 0 aliphatic heterocycles. The number of rotatable bonds is 12. The van der Waals surface area contributed by atoms with Gasteiger partial charge in [-0.3, -0.25) is 15.0 Å². The van der Waals surface area contributed by atoms with E-state index in [1.54, 1.807) is 36.7 Å².